The maximum absolute atomic E-state index is 10.9. The van der Waals surface area contributed by atoms with E-state index in [4.69, 9.17) is 10.2 Å². The summed E-state index contributed by atoms with van der Waals surface area (Å²) < 4.78 is 6.07. The molecule has 0 radical (unpaired) electrons. The molecule has 0 spiro atoms. The highest BCUT2D eigenvalue weighted by Crippen LogP contribution is 2.24. The van der Waals surface area contributed by atoms with E-state index < -0.39 is 5.91 Å². The van der Waals surface area contributed by atoms with Crippen molar-refractivity contribution in [3.63, 3.8) is 0 Å². The predicted octanol–water partition coefficient (Wildman–Crippen LogP) is 2.29. The molecular weight excluding hydrogens is 234 g/mol. The van der Waals surface area contributed by atoms with Gasteiger partial charge in [-0.15, -0.1) is 0 Å². The Morgan fingerprint density at radius 1 is 1.46 bits per heavy atom. The smallest absolute Gasteiger partial charge is 0.252 e. The number of carbonyl (C=O) groups excluding carboxylic acids is 1. The van der Waals surface area contributed by atoms with Crippen LogP contribution in [0.5, 0.6) is 0 Å². The van der Waals surface area contributed by atoms with Crippen LogP contribution in [0.3, 0.4) is 0 Å². The van der Waals surface area contributed by atoms with E-state index in [1.54, 1.807) is 12.1 Å². The van der Waals surface area contributed by atoms with E-state index in [9.17, 15) is 4.79 Å². The average molecular weight is 240 g/mol. The quantitative estimate of drug-likeness (QED) is 0.831. The molecule has 1 heterocycles. The first-order chi connectivity index (χ1) is 6.18. The highest BCUT2D eigenvalue weighted by atomic mass is 79.9. The molecule has 0 atom stereocenters. The van der Waals surface area contributed by atoms with Gasteiger partial charge in [0.15, 0.2) is 0 Å². The predicted molar refractivity (Wildman–Crippen MR) is 52.4 cm³/mol. The fourth-order valence-corrected chi connectivity index (χ4v) is 1.53. The molecule has 1 aromatic heterocycles. The van der Waals surface area contributed by atoms with Gasteiger partial charge in [0.25, 0.3) is 5.91 Å². The molecule has 2 N–H and O–H groups in total. The van der Waals surface area contributed by atoms with Crippen LogP contribution in [0.2, 0.25) is 0 Å². The van der Waals surface area contributed by atoms with E-state index in [2.05, 4.69) is 15.9 Å². The van der Waals surface area contributed by atoms with E-state index in [-0.39, 0.29) is 0 Å². The molecule has 1 aromatic carbocycles. The topological polar surface area (TPSA) is 56.2 Å². The van der Waals surface area contributed by atoms with Gasteiger partial charge in [-0.1, -0.05) is 15.9 Å². The van der Waals surface area contributed by atoms with Crippen LogP contribution in [0.4, 0.5) is 0 Å². The molecule has 4 heteroatoms. The molecule has 0 unspecified atom stereocenters. The molecule has 0 saturated carbocycles. The molecule has 0 aliphatic heterocycles. The molecule has 0 fully saturated rings. The van der Waals surface area contributed by atoms with Crippen LogP contribution in [0.1, 0.15) is 10.4 Å². The molecular formula is C9H6BrNO2. The van der Waals surface area contributed by atoms with Gasteiger partial charge in [0.05, 0.1) is 5.56 Å². The fraction of sp³-hybridized carbons (Fsp3) is 0. The number of furan rings is 1. The maximum Gasteiger partial charge on any atom is 0.252 e. The Kier molecular flexibility index (Phi) is 1.84. The number of carbonyl (C=O) groups is 1. The summed E-state index contributed by atoms with van der Waals surface area (Å²) in [6, 6.07) is 5.43. The van der Waals surface area contributed by atoms with Crippen molar-refractivity contribution in [2.24, 2.45) is 5.73 Å². The van der Waals surface area contributed by atoms with Crippen LogP contribution >= 0.6 is 15.9 Å². The third-order valence-electron chi connectivity index (χ3n) is 1.80. The summed E-state index contributed by atoms with van der Waals surface area (Å²) in [6.07, 6.45) is 1.37. The summed E-state index contributed by atoms with van der Waals surface area (Å²) in [5.41, 5.74) is 6.23. The van der Waals surface area contributed by atoms with Crippen LogP contribution in [0, 0.1) is 0 Å². The monoisotopic (exact) mass is 239 g/mol. The standard InChI is InChI=1S/C9H6BrNO2/c10-5-1-2-6-7(9(11)12)4-13-8(6)3-5/h1-4H,(H2,11,12). The first-order valence-electron chi connectivity index (χ1n) is 3.65. The highest BCUT2D eigenvalue weighted by molar-refractivity contribution is 9.10. The molecule has 2 aromatic rings. The summed E-state index contributed by atoms with van der Waals surface area (Å²) in [4.78, 5) is 10.9. The van der Waals surface area contributed by atoms with E-state index >= 15 is 0 Å². The number of hydrogen-bond acceptors (Lipinski definition) is 2. The van der Waals surface area contributed by atoms with Crippen molar-refractivity contribution in [3.8, 4) is 0 Å². The number of nitrogens with two attached hydrogens (primary N) is 1. The van der Waals surface area contributed by atoms with Gasteiger partial charge >= 0.3 is 0 Å². The van der Waals surface area contributed by atoms with Crippen molar-refractivity contribution in [1.82, 2.24) is 0 Å². The van der Waals surface area contributed by atoms with Crippen molar-refractivity contribution in [2.75, 3.05) is 0 Å². The van der Waals surface area contributed by atoms with Gasteiger partial charge in [-0.2, -0.15) is 0 Å². The van der Waals surface area contributed by atoms with Crippen LogP contribution in [0.25, 0.3) is 11.0 Å². The Hall–Kier alpha value is -1.29. The molecule has 3 nitrogen and oxygen atoms in total. The zero-order valence-electron chi connectivity index (χ0n) is 6.58. The molecule has 66 valence electrons. The lowest BCUT2D eigenvalue weighted by atomic mass is 10.2. The zero-order valence-corrected chi connectivity index (χ0v) is 8.17. The molecule has 13 heavy (non-hydrogen) atoms. The fourth-order valence-electron chi connectivity index (χ4n) is 1.19. The third kappa shape index (κ3) is 1.33. The zero-order chi connectivity index (χ0) is 9.42. The first kappa shape index (κ1) is 8.31. The Morgan fingerprint density at radius 2 is 2.23 bits per heavy atom. The maximum atomic E-state index is 10.9. The minimum atomic E-state index is -0.471. The van der Waals surface area contributed by atoms with E-state index in [0.717, 1.165) is 9.86 Å². The van der Waals surface area contributed by atoms with Crippen LogP contribution in [-0.4, -0.2) is 5.91 Å². The summed E-state index contributed by atoms with van der Waals surface area (Å²) >= 11 is 3.30. The minimum absolute atomic E-state index is 0.419. The molecule has 2 rings (SSSR count). The Labute approximate surface area is 82.6 Å². The SMILES string of the molecule is NC(=O)c1coc2cc(Br)ccc12. The Balaban J connectivity index is 2.76. The largest absolute Gasteiger partial charge is 0.463 e. The number of fused-ring (bicyclic) bond motifs is 1. The number of primary amides is 1. The van der Waals surface area contributed by atoms with Crippen molar-refractivity contribution in [3.05, 3.63) is 34.5 Å². The lowest BCUT2D eigenvalue weighted by Gasteiger charge is -1.91. The number of halogens is 1. The van der Waals surface area contributed by atoms with Gasteiger partial charge in [-0.05, 0) is 18.2 Å². The average Bonchev–Trinajstić information content (AvgIpc) is 2.46. The number of amides is 1. The van der Waals surface area contributed by atoms with Gasteiger partial charge < -0.3 is 10.2 Å². The Bertz CT molecular complexity index is 475. The molecule has 0 aliphatic carbocycles. The van der Waals surface area contributed by atoms with Crippen LogP contribution in [0.15, 0.2) is 33.4 Å². The van der Waals surface area contributed by atoms with Gasteiger partial charge in [0.1, 0.15) is 11.8 Å². The summed E-state index contributed by atoms with van der Waals surface area (Å²) in [6.45, 7) is 0. The van der Waals surface area contributed by atoms with E-state index in [0.29, 0.717) is 11.1 Å². The summed E-state index contributed by atoms with van der Waals surface area (Å²) in [7, 11) is 0. The van der Waals surface area contributed by atoms with Crippen molar-refractivity contribution in [2.45, 2.75) is 0 Å². The third-order valence-corrected chi connectivity index (χ3v) is 2.30. The number of rotatable bonds is 1. The normalized spacial score (nSPS) is 10.5. The molecule has 1 amide bonds. The van der Waals surface area contributed by atoms with Gasteiger partial charge in [-0.3, -0.25) is 4.79 Å². The number of benzene rings is 1. The number of hydrogen-bond donors (Lipinski definition) is 1. The van der Waals surface area contributed by atoms with Gasteiger partial charge in [0, 0.05) is 9.86 Å². The summed E-state index contributed by atoms with van der Waals surface area (Å²) in [5, 5.41) is 0.746. The highest BCUT2D eigenvalue weighted by Gasteiger charge is 2.09. The molecule has 0 aliphatic rings. The Morgan fingerprint density at radius 3 is 2.92 bits per heavy atom. The van der Waals surface area contributed by atoms with Crippen molar-refractivity contribution < 1.29 is 9.21 Å². The van der Waals surface area contributed by atoms with Crippen molar-refractivity contribution in [1.29, 1.82) is 0 Å². The minimum Gasteiger partial charge on any atom is -0.463 e. The van der Waals surface area contributed by atoms with Gasteiger partial charge in [-0.25, -0.2) is 0 Å². The van der Waals surface area contributed by atoms with E-state index in [1.807, 2.05) is 6.07 Å². The molecule has 0 bridgehead atoms. The van der Waals surface area contributed by atoms with E-state index in [1.165, 1.54) is 6.26 Å². The van der Waals surface area contributed by atoms with Gasteiger partial charge in [0.2, 0.25) is 0 Å². The van der Waals surface area contributed by atoms with Crippen LogP contribution in [-0.2, 0) is 0 Å². The summed E-state index contributed by atoms with van der Waals surface area (Å²) in [5.74, 6) is -0.471. The second-order valence-electron chi connectivity index (χ2n) is 2.65. The lowest BCUT2D eigenvalue weighted by Crippen LogP contribution is -2.09. The second-order valence-corrected chi connectivity index (χ2v) is 3.57. The molecule has 0 saturated heterocycles. The van der Waals surface area contributed by atoms with Crippen molar-refractivity contribution >= 4 is 32.8 Å². The lowest BCUT2D eigenvalue weighted by molar-refractivity contribution is 0.100. The first-order valence-corrected chi connectivity index (χ1v) is 4.44. The second kappa shape index (κ2) is 2.88. The van der Waals surface area contributed by atoms with Crippen LogP contribution < -0.4 is 5.73 Å².